The normalized spacial score (nSPS) is 11.8. The minimum absolute atomic E-state index is 0.153. The van der Waals surface area contributed by atoms with Gasteiger partial charge in [-0.15, -0.1) is 0 Å². The first-order valence-electron chi connectivity index (χ1n) is 8.07. The third-order valence-electron chi connectivity index (χ3n) is 3.89. The summed E-state index contributed by atoms with van der Waals surface area (Å²) < 4.78 is 5.79. The summed E-state index contributed by atoms with van der Waals surface area (Å²) in [5.41, 5.74) is 3.13. The van der Waals surface area contributed by atoms with Crippen LogP contribution in [0.4, 0.5) is 0 Å². The molecule has 128 valence electrons. The minimum atomic E-state index is -0.154. The van der Waals surface area contributed by atoms with Gasteiger partial charge in [-0.2, -0.15) is 5.10 Å². The Morgan fingerprint density at radius 2 is 2.16 bits per heavy atom. The van der Waals surface area contributed by atoms with Crippen molar-refractivity contribution in [3.8, 4) is 5.75 Å². The van der Waals surface area contributed by atoms with E-state index in [-0.39, 0.29) is 11.9 Å². The van der Waals surface area contributed by atoms with Gasteiger partial charge in [-0.1, -0.05) is 18.2 Å². The molecule has 0 aliphatic carbocycles. The topological polar surface area (TPSA) is 79.9 Å². The van der Waals surface area contributed by atoms with E-state index >= 15 is 0 Å². The molecule has 1 aromatic carbocycles. The molecule has 2 aromatic heterocycles. The van der Waals surface area contributed by atoms with Gasteiger partial charge >= 0.3 is 0 Å². The molecule has 3 rings (SSSR count). The van der Waals surface area contributed by atoms with Crippen LogP contribution in [-0.4, -0.2) is 21.1 Å². The molecule has 0 spiro atoms. The summed E-state index contributed by atoms with van der Waals surface area (Å²) in [5.74, 6) is 0.585. The van der Waals surface area contributed by atoms with E-state index in [0.29, 0.717) is 12.2 Å². The number of nitrogens with zero attached hydrogens (tertiary/aromatic N) is 2. The maximum atomic E-state index is 12.3. The Hall–Kier alpha value is -3.15. The fraction of sp³-hybridized carbons (Fsp3) is 0.211. The van der Waals surface area contributed by atoms with E-state index in [1.54, 1.807) is 6.20 Å². The van der Waals surface area contributed by atoms with Gasteiger partial charge in [0.1, 0.15) is 12.4 Å². The van der Waals surface area contributed by atoms with E-state index in [0.717, 1.165) is 22.7 Å². The van der Waals surface area contributed by atoms with Crippen molar-refractivity contribution in [3.63, 3.8) is 0 Å². The van der Waals surface area contributed by atoms with Crippen LogP contribution in [0, 0.1) is 6.92 Å². The van der Waals surface area contributed by atoms with Gasteiger partial charge in [0.2, 0.25) is 0 Å². The van der Waals surface area contributed by atoms with Crippen LogP contribution in [0.2, 0.25) is 0 Å². The number of carbonyl (C=O) groups is 1. The standard InChI is InChI=1S/C19H20N4O2/c1-13(22-19(24)18-11-21-23-14(18)2)15-6-5-8-17(10-15)25-12-16-7-3-4-9-20-16/h3-11,13H,12H2,1-2H3,(H,21,23)(H,22,24). The number of carbonyl (C=O) groups excluding carboxylic acids is 1. The average Bonchev–Trinajstić information content (AvgIpc) is 3.07. The summed E-state index contributed by atoms with van der Waals surface area (Å²) in [6, 6.07) is 13.3. The van der Waals surface area contributed by atoms with Crippen LogP contribution in [-0.2, 0) is 6.61 Å². The van der Waals surface area contributed by atoms with E-state index in [1.807, 2.05) is 56.3 Å². The molecule has 6 nitrogen and oxygen atoms in total. The fourth-order valence-electron chi connectivity index (χ4n) is 2.45. The number of aromatic amines is 1. The molecule has 0 aliphatic rings. The molecular formula is C19H20N4O2. The minimum Gasteiger partial charge on any atom is -0.487 e. The van der Waals surface area contributed by atoms with E-state index < -0.39 is 0 Å². The summed E-state index contributed by atoms with van der Waals surface area (Å²) in [6.07, 6.45) is 3.27. The van der Waals surface area contributed by atoms with Crippen LogP contribution in [0.15, 0.2) is 54.9 Å². The number of rotatable bonds is 6. The number of nitrogens with one attached hydrogen (secondary N) is 2. The molecule has 0 radical (unpaired) electrons. The Morgan fingerprint density at radius 3 is 2.88 bits per heavy atom. The Morgan fingerprint density at radius 1 is 1.28 bits per heavy atom. The van der Waals surface area contributed by atoms with Crippen molar-refractivity contribution in [1.82, 2.24) is 20.5 Å². The highest BCUT2D eigenvalue weighted by Crippen LogP contribution is 2.20. The maximum Gasteiger partial charge on any atom is 0.255 e. The number of H-pyrrole nitrogens is 1. The van der Waals surface area contributed by atoms with Gasteiger partial charge in [0.05, 0.1) is 23.5 Å². The Balaban J connectivity index is 1.64. The number of ether oxygens (including phenoxy) is 1. The highest BCUT2D eigenvalue weighted by atomic mass is 16.5. The number of hydrogen-bond donors (Lipinski definition) is 2. The zero-order valence-electron chi connectivity index (χ0n) is 14.2. The summed E-state index contributed by atoms with van der Waals surface area (Å²) in [6.45, 7) is 4.16. The summed E-state index contributed by atoms with van der Waals surface area (Å²) in [4.78, 5) is 16.5. The second-order valence-corrected chi connectivity index (χ2v) is 5.79. The molecule has 0 aliphatic heterocycles. The van der Waals surface area contributed by atoms with Crippen LogP contribution in [0.3, 0.4) is 0 Å². The molecule has 0 saturated carbocycles. The molecule has 1 unspecified atom stereocenters. The SMILES string of the molecule is Cc1[nH]ncc1C(=O)NC(C)c1cccc(OCc2ccccn2)c1. The zero-order valence-corrected chi connectivity index (χ0v) is 14.2. The molecule has 3 aromatic rings. The lowest BCUT2D eigenvalue weighted by atomic mass is 10.1. The van der Waals surface area contributed by atoms with Crippen molar-refractivity contribution in [2.75, 3.05) is 0 Å². The fourth-order valence-corrected chi connectivity index (χ4v) is 2.45. The van der Waals surface area contributed by atoms with Crippen LogP contribution in [0.1, 0.15) is 40.3 Å². The first-order valence-corrected chi connectivity index (χ1v) is 8.07. The van der Waals surface area contributed by atoms with Crippen molar-refractivity contribution in [3.05, 3.63) is 77.4 Å². The lowest BCUT2D eigenvalue weighted by molar-refractivity contribution is 0.0939. The first kappa shape index (κ1) is 16.7. The predicted octanol–water partition coefficient (Wildman–Crippen LogP) is 3.18. The van der Waals surface area contributed by atoms with E-state index in [1.165, 1.54) is 6.20 Å². The summed E-state index contributed by atoms with van der Waals surface area (Å²) >= 11 is 0. The van der Waals surface area contributed by atoms with Crippen molar-refractivity contribution in [2.24, 2.45) is 0 Å². The van der Waals surface area contributed by atoms with Crippen molar-refractivity contribution < 1.29 is 9.53 Å². The van der Waals surface area contributed by atoms with Crippen LogP contribution >= 0.6 is 0 Å². The number of pyridine rings is 1. The monoisotopic (exact) mass is 336 g/mol. The number of aryl methyl sites for hydroxylation is 1. The van der Waals surface area contributed by atoms with Crippen molar-refractivity contribution in [1.29, 1.82) is 0 Å². The van der Waals surface area contributed by atoms with Gasteiger partial charge in [0.25, 0.3) is 5.91 Å². The Kier molecular flexibility index (Phi) is 5.09. The van der Waals surface area contributed by atoms with Gasteiger partial charge in [-0.05, 0) is 43.7 Å². The molecule has 0 saturated heterocycles. The molecular weight excluding hydrogens is 316 g/mol. The number of benzene rings is 1. The van der Waals surface area contributed by atoms with Crippen LogP contribution < -0.4 is 10.1 Å². The van der Waals surface area contributed by atoms with Gasteiger partial charge in [0.15, 0.2) is 0 Å². The van der Waals surface area contributed by atoms with Gasteiger partial charge < -0.3 is 10.1 Å². The molecule has 0 fully saturated rings. The van der Waals surface area contributed by atoms with Crippen molar-refractivity contribution >= 4 is 5.91 Å². The Bertz CT molecular complexity index is 845. The average molecular weight is 336 g/mol. The van der Waals surface area contributed by atoms with Crippen LogP contribution in [0.25, 0.3) is 0 Å². The third-order valence-corrected chi connectivity index (χ3v) is 3.89. The molecule has 0 bridgehead atoms. The number of aromatic nitrogens is 3. The lowest BCUT2D eigenvalue weighted by Gasteiger charge is -2.15. The smallest absolute Gasteiger partial charge is 0.255 e. The van der Waals surface area contributed by atoms with Crippen molar-refractivity contribution in [2.45, 2.75) is 26.5 Å². The third kappa shape index (κ3) is 4.23. The molecule has 2 N–H and O–H groups in total. The number of amides is 1. The second-order valence-electron chi connectivity index (χ2n) is 5.79. The maximum absolute atomic E-state index is 12.3. The molecule has 2 heterocycles. The summed E-state index contributed by atoms with van der Waals surface area (Å²) in [5, 5.41) is 9.62. The highest BCUT2D eigenvalue weighted by molar-refractivity contribution is 5.95. The van der Waals surface area contributed by atoms with E-state index in [9.17, 15) is 4.79 Å². The van der Waals surface area contributed by atoms with Gasteiger partial charge in [-0.3, -0.25) is 14.9 Å². The van der Waals surface area contributed by atoms with Crippen LogP contribution in [0.5, 0.6) is 5.75 Å². The van der Waals surface area contributed by atoms with E-state index in [2.05, 4.69) is 20.5 Å². The molecule has 25 heavy (non-hydrogen) atoms. The largest absolute Gasteiger partial charge is 0.487 e. The lowest BCUT2D eigenvalue weighted by Crippen LogP contribution is -2.26. The molecule has 1 atom stereocenters. The highest BCUT2D eigenvalue weighted by Gasteiger charge is 2.15. The van der Waals surface area contributed by atoms with E-state index in [4.69, 9.17) is 4.74 Å². The van der Waals surface area contributed by atoms with Gasteiger partial charge in [-0.25, -0.2) is 0 Å². The Labute approximate surface area is 146 Å². The number of hydrogen-bond acceptors (Lipinski definition) is 4. The molecule has 6 heteroatoms. The second kappa shape index (κ2) is 7.61. The quantitative estimate of drug-likeness (QED) is 0.724. The van der Waals surface area contributed by atoms with Gasteiger partial charge in [0, 0.05) is 11.9 Å². The predicted molar refractivity (Wildman–Crippen MR) is 94.2 cm³/mol. The summed E-state index contributed by atoms with van der Waals surface area (Å²) in [7, 11) is 0. The zero-order chi connectivity index (χ0) is 17.6. The molecule has 1 amide bonds. The first-order chi connectivity index (χ1) is 12.1.